The molecule has 0 spiro atoms. The van der Waals surface area contributed by atoms with Crippen molar-refractivity contribution in [3.63, 3.8) is 0 Å². The highest BCUT2D eigenvalue weighted by molar-refractivity contribution is 7.86. The van der Waals surface area contributed by atoms with Crippen molar-refractivity contribution in [1.82, 2.24) is 18.7 Å². The maximum Gasteiger partial charge on any atom is 0.332 e. The molecule has 38 heavy (non-hydrogen) atoms. The van der Waals surface area contributed by atoms with Crippen molar-refractivity contribution in [2.45, 2.75) is 45.8 Å². The van der Waals surface area contributed by atoms with Gasteiger partial charge in [0.1, 0.15) is 5.75 Å². The van der Waals surface area contributed by atoms with Gasteiger partial charge in [-0.2, -0.15) is 13.4 Å². The molecule has 1 saturated heterocycles. The molecule has 0 radical (unpaired) electrons. The molecule has 2 N–H and O–H groups in total. The lowest BCUT2D eigenvalue weighted by Crippen LogP contribution is -2.44. The molecule has 1 aliphatic heterocycles. The van der Waals surface area contributed by atoms with Crippen LogP contribution in [-0.2, 0) is 30.3 Å². The highest BCUT2D eigenvalue weighted by atomic mass is 32.2. The van der Waals surface area contributed by atoms with Gasteiger partial charge < -0.3 is 19.4 Å². The molecule has 0 amide bonds. The van der Waals surface area contributed by atoms with Gasteiger partial charge in [0.25, 0.3) is 5.56 Å². The van der Waals surface area contributed by atoms with Gasteiger partial charge in [-0.15, -0.1) is 0 Å². The molecule has 2 aromatic heterocycles. The maximum atomic E-state index is 13.7. The number of carbonyl (C=O) groups excluding carboxylic acids is 1. The number of anilines is 1. The first kappa shape index (κ1) is 27.3. The third kappa shape index (κ3) is 5.73. The lowest BCUT2D eigenvalue weighted by atomic mass is 10.1. The zero-order valence-corrected chi connectivity index (χ0v) is 22.7. The Morgan fingerprint density at radius 2 is 1.97 bits per heavy atom. The van der Waals surface area contributed by atoms with E-state index < -0.39 is 33.7 Å². The number of imidazole rings is 1. The second kappa shape index (κ2) is 10.6. The molecular formula is C25H32N6O6S. The number of nitrogens with zero attached hydrogens (tertiary/aromatic N) is 5. The van der Waals surface area contributed by atoms with E-state index in [4.69, 9.17) is 9.92 Å². The molecular weight excluding hydrogens is 512 g/mol. The highest BCUT2D eigenvalue weighted by Crippen LogP contribution is 2.23. The number of carbonyl (C=O) groups is 1. The van der Waals surface area contributed by atoms with E-state index in [0.717, 1.165) is 35.8 Å². The van der Waals surface area contributed by atoms with Gasteiger partial charge in [0.05, 0.1) is 12.8 Å². The second-order valence-electron chi connectivity index (χ2n) is 9.80. The molecule has 4 rings (SSSR count). The van der Waals surface area contributed by atoms with Gasteiger partial charge in [0, 0.05) is 38.3 Å². The normalized spacial score (nSPS) is 16.0. The zero-order valence-electron chi connectivity index (χ0n) is 21.9. The molecule has 1 fully saturated rings. The molecule has 204 valence electrons. The summed E-state index contributed by atoms with van der Waals surface area (Å²) in [5.74, 6) is -0.0484. The summed E-state index contributed by atoms with van der Waals surface area (Å²) in [4.78, 5) is 46.8. The molecule has 1 aliphatic rings. The largest absolute Gasteiger partial charge is 0.383 e. The van der Waals surface area contributed by atoms with Crippen molar-refractivity contribution >= 4 is 33.0 Å². The molecule has 13 heteroatoms. The van der Waals surface area contributed by atoms with Crippen molar-refractivity contribution in [3.8, 4) is 5.75 Å². The molecule has 0 bridgehead atoms. The van der Waals surface area contributed by atoms with Gasteiger partial charge in [-0.1, -0.05) is 23.8 Å². The summed E-state index contributed by atoms with van der Waals surface area (Å²) in [6.07, 6.45) is 4.63. The summed E-state index contributed by atoms with van der Waals surface area (Å²) in [6, 6.07) is 5.55. The van der Waals surface area contributed by atoms with Gasteiger partial charge >= 0.3 is 15.8 Å². The van der Waals surface area contributed by atoms with Crippen LogP contribution in [0, 0.1) is 0 Å². The lowest BCUT2D eigenvalue weighted by Gasteiger charge is -2.31. The maximum absolute atomic E-state index is 13.7. The average Bonchev–Trinajstić information content (AvgIpc) is 3.23. The second-order valence-corrected chi connectivity index (χ2v) is 11.4. The molecule has 1 unspecified atom stereocenters. The monoisotopic (exact) mass is 544 g/mol. The van der Waals surface area contributed by atoms with Crippen LogP contribution in [0.3, 0.4) is 0 Å². The van der Waals surface area contributed by atoms with Gasteiger partial charge in [0.15, 0.2) is 16.9 Å². The Labute approximate surface area is 220 Å². The number of piperidine rings is 1. The van der Waals surface area contributed by atoms with E-state index in [-0.39, 0.29) is 28.5 Å². The fraction of sp³-hybridized carbons (Fsp3) is 0.440. The Hall–Kier alpha value is -3.71. The molecule has 1 atom stereocenters. The van der Waals surface area contributed by atoms with Crippen LogP contribution in [0.15, 0.2) is 45.5 Å². The van der Waals surface area contributed by atoms with Crippen LogP contribution in [0.2, 0.25) is 0 Å². The number of aryl methyl sites for hydroxylation is 1. The van der Waals surface area contributed by atoms with Gasteiger partial charge in [0.2, 0.25) is 5.95 Å². The summed E-state index contributed by atoms with van der Waals surface area (Å²) in [5.41, 5.74) is 6.46. The van der Waals surface area contributed by atoms with Crippen LogP contribution in [0.5, 0.6) is 5.75 Å². The first-order valence-electron chi connectivity index (χ1n) is 12.2. The van der Waals surface area contributed by atoms with Crippen LogP contribution in [-0.4, -0.2) is 58.3 Å². The van der Waals surface area contributed by atoms with E-state index in [9.17, 15) is 22.8 Å². The number of benzene rings is 1. The Morgan fingerprint density at radius 1 is 1.24 bits per heavy atom. The molecule has 3 aromatic rings. The topological polar surface area (TPSA) is 152 Å². The number of ketones is 1. The number of hydrogen-bond donors (Lipinski definition) is 1. The van der Waals surface area contributed by atoms with Crippen molar-refractivity contribution in [2.24, 2.45) is 12.8 Å². The first-order valence-corrected chi connectivity index (χ1v) is 14.0. The lowest BCUT2D eigenvalue weighted by molar-refractivity contribution is 0.0968. The van der Waals surface area contributed by atoms with Crippen LogP contribution in [0.4, 0.5) is 5.95 Å². The number of allylic oxidation sites excluding steroid dienone is 2. The van der Waals surface area contributed by atoms with Crippen LogP contribution < -0.4 is 26.1 Å². The first-order chi connectivity index (χ1) is 17.9. The fourth-order valence-electron chi connectivity index (χ4n) is 4.51. The predicted molar refractivity (Wildman–Crippen MR) is 144 cm³/mol. The number of fused-ring (bicyclic) bond motifs is 1. The molecule has 1 aromatic carbocycles. The van der Waals surface area contributed by atoms with Crippen molar-refractivity contribution in [2.75, 3.05) is 24.2 Å². The summed E-state index contributed by atoms with van der Waals surface area (Å²) < 4.78 is 31.7. The van der Waals surface area contributed by atoms with Gasteiger partial charge in [-0.05, 0) is 38.8 Å². The summed E-state index contributed by atoms with van der Waals surface area (Å²) in [7, 11) is -2.29. The van der Waals surface area contributed by atoms with E-state index >= 15 is 0 Å². The Kier molecular flexibility index (Phi) is 7.61. The van der Waals surface area contributed by atoms with E-state index in [0.29, 0.717) is 19.0 Å². The Morgan fingerprint density at radius 3 is 2.63 bits per heavy atom. The van der Waals surface area contributed by atoms with Gasteiger partial charge in [-0.25, -0.2) is 4.79 Å². The minimum Gasteiger partial charge on any atom is -0.383 e. The smallest absolute Gasteiger partial charge is 0.332 e. The van der Waals surface area contributed by atoms with Crippen LogP contribution in [0.25, 0.3) is 11.2 Å². The Bertz CT molecular complexity index is 1640. The quantitative estimate of drug-likeness (QED) is 0.249. The van der Waals surface area contributed by atoms with Crippen molar-refractivity contribution < 1.29 is 17.4 Å². The van der Waals surface area contributed by atoms with E-state index in [1.807, 2.05) is 24.8 Å². The molecule has 0 aliphatic carbocycles. The zero-order chi connectivity index (χ0) is 27.8. The number of rotatable bonds is 8. The standard InChI is InChI=1S/C25H32N6O6S/c1-16(2)10-12-30-21-22(27-24(30)29-11-6-8-18(26)14-29)28(3)25(34)31(23(21)33)15-20(32)17-7-5-9-19(13-17)37-38(4,35)36/h5,7,9-10,13,18H,6,8,11-12,14-15,26H2,1-4H3. The molecule has 3 heterocycles. The molecule has 12 nitrogen and oxygen atoms in total. The highest BCUT2D eigenvalue weighted by Gasteiger charge is 2.26. The van der Waals surface area contributed by atoms with E-state index in [1.165, 1.54) is 35.9 Å². The minimum absolute atomic E-state index is 0.0268. The Balaban J connectivity index is 1.82. The molecule has 0 saturated carbocycles. The minimum atomic E-state index is -3.80. The third-order valence-electron chi connectivity index (χ3n) is 6.34. The number of hydrogen-bond acceptors (Lipinski definition) is 9. The predicted octanol–water partition coefficient (Wildman–Crippen LogP) is 1.01. The number of aromatic nitrogens is 4. The van der Waals surface area contributed by atoms with E-state index in [1.54, 1.807) is 4.57 Å². The van der Waals surface area contributed by atoms with Crippen molar-refractivity contribution in [3.05, 3.63) is 62.3 Å². The van der Waals surface area contributed by atoms with E-state index in [2.05, 4.69) is 4.98 Å². The summed E-state index contributed by atoms with van der Waals surface area (Å²) in [5, 5.41) is 0. The summed E-state index contributed by atoms with van der Waals surface area (Å²) in [6.45, 7) is 5.00. The van der Waals surface area contributed by atoms with Crippen molar-refractivity contribution in [1.29, 1.82) is 0 Å². The summed E-state index contributed by atoms with van der Waals surface area (Å²) >= 11 is 0. The van der Waals surface area contributed by atoms with Crippen LogP contribution >= 0.6 is 0 Å². The number of nitrogens with two attached hydrogens (primary N) is 1. The third-order valence-corrected chi connectivity index (χ3v) is 6.84. The fourth-order valence-corrected chi connectivity index (χ4v) is 4.96. The average molecular weight is 545 g/mol. The van der Waals surface area contributed by atoms with Gasteiger partial charge in [-0.3, -0.25) is 18.7 Å². The number of Topliss-reactive ketones (excluding diaryl/α,β-unsaturated/α-hetero) is 1. The SMILES string of the molecule is CC(C)=CCn1c(N2CCCC(N)C2)nc2c1c(=O)n(CC(=O)c1cccc(OS(C)(=O)=O)c1)c(=O)n2C. The van der Waals surface area contributed by atoms with Crippen LogP contribution in [0.1, 0.15) is 37.0 Å².